The van der Waals surface area contributed by atoms with E-state index in [1.807, 2.05) is 29.2 Å². The van der Waals surface area contributed by atoms with Gasteiger partial charge in [-0.3, -0.25) is 0 Å². The van der Waals surface area contributed by atoms with Crippen molar-refractivity contribution >= 4 is 43.3 Å². The summed E-state index contributed by atoms with van der Waals surface area (Å²) in [6.07, 6.45) is 0.872. The van der Waals surface area contributed by atoms with Crippen LogP contribution in [0.2, 0.25) is 0 Å². The Hall–Kier alpha value is -8.19. The van der Waals surface area contributed by atoms with E-state index >= 15 is 0 Å². The number of benzene rings is 10. The molecule has 0 bridgehead atoms. The van der Waals surface area contributed by atoms with E-state index in [1.54, 1.807) is 0 Å². The summed E-state index contributed by atoms with van der Waals surface area (Å²) >= 11 is 3.82. The molecular weight excluding hydrogens is 905 g/mol. The van der Waals surface area contributed by atoms with E-state index in [9.17, 15) is 0 Å². The van der Waals surface area contributed by atoms with Gasteiger partial charge in [-0.15, -0.1) is 11.3 Å². The SMILES string of the molecule is c1ccc2c(c#1)-c1ccccc1C21c2ccccc2Sc2ccc(C(Cc3ccc4c(c3)sc3cccc(C(c5ccc(-c6ccccc6)cc5)c5ccc(-c6ccccc6)cc5)c34)c3ccccc3)cc21. The summed E-state index contributed by atoms with van der Waals surface area (Å²) in [6, 6.07) is 102. The van der Waals surface area contributed by atoms with Gasteiger partial charge in [-0.25, -0.2) is 0 Å². The predicted octanol–water partition coefficient (Wildman–Crippen LogP) is 18.4. The number of hydrogen-bond acceptors (Lipinski definition) is 2. The summed E-state index contributed by atoms with van der Waals surface area (Å²) in [5.74, 6) is 0.169. The Morgan fingerprint density at radius 2 is 1.03 bits per heavy atom. The minimum atomic E-state index is -0.467. The molecule has 1 aliphatic heterocycles. The van der Waals surface area contributed by atoms with Gasteiger partial charge in [0.1, 0.15) is 0 Å². The molecule has 0 amide bonds. The third-order valence-electron chi connectivity index (χ3n) is 15.4. The molecule has 0 saturated carbocycles. The smallest absolute Gasteiger partial charge is 0.0742 e. The maximum Gasteiger partial charge on any atom is 0.0742 e. The first-order chi connectivity index (χ1) is 35.7. The molecule has 0 nitrogen and oxygen atoms in total. The molecule has 12 aromatic rings. The van der Waals surface area contributed by atoms with Gasteiger partial charge in [0.2, 0.25) is 0 Å². The Morgan fingerprint density at radius 3 is 1.75 bits per heavy atom. The van der Waals surface area contributed by atoms with Crippen molar-refractivity contribution in [1.82, 2.24) is 0 Å². The fourth-order valence-electron chi connectivity index (χ4n) is 12.1. The number of rotatable bonds is 9. The lowest BCUT2D eigenvalue weighted by atomic mass is 9.66. The van der Waals surface area contributed by atoms with Crippen molar-refractivity contribution < 1.29 is 0 Å². The highest BCUT2D eigenvalue weighted by molar-refractivity contribution is 7.99. The molecule has 1 aromatic heterocycles. The van der Waals surface area contributed by atoms with Gasteiger partial charge in [-0.1, -0.05) is 242 Å². The Balaban J connectivity index is 0.880. The van der Waals surface area contributed by atoms with E-state index in [-0.39, 0.29) is 11.8 Å². The second kappa shape index (κ2) is 17.6. The van der Waals surface area contributed by atoms with Crippen LogP contribution < -0.4 is 0 Å². The second-order valence-corrected chi connectivity index (χ2v) is 21.4. The molecule has 0 radical (unpaired) electrons. The highest BCUT2D eigenvalue weighted by Gasteiger charge is 2.50. The van der Waals surface area contributed by atoms with E-state index < -0.39 is 5.41 Å². The average molecular weight is 951 g/mol. The Labute approximate surface area is 430 Å². The second-order valence-electron chi connectivity index (χ2n) is 19.3. The van der Waals surface area contributed by atoms with Gasteiger partial charge in [0.25, 0.3) is 0 Å². The molecule has 0 N–H and O–H groups in total. The molecule has 2 aliphatic rings. The summed E-state index contributed by atoms with van der Waals surface area (Å²) in [6.45, 7) is 0. The summed E-state index contributed by atoms with van der Waals surface area (Å²) < 4.78 is 2.64. The normalized spacial score (nSPS) is 13.3. The van der Waals surface area contributed by atoms with Gasteiger partial charge >= 0.3 is 0 Å². The van der Waals surface area contributed by atoms with Gasteiger partial charge in [0.15, 0.2) is 0 Å². The predicted molar refractivity (Wildman–Crippen MR) is 302 cm³/mol. The lowest BCUT2D eigenvalue weighted by Gasteiger charge is -2.40. The minimum Gasteiger partial charge on any atom is -0.135 e. The van der Waals surface area contributed by atoms with Crippen molar-refractivity contribution in [2.75, 3.05) is 0 Å². The van der Waals surface area contributed by atoms with Crippen LogP contribution in [0.25, 0.3) is 53.6 Å². The van der Waals surface area contributed by atoms with Crippen LogP contribution in [0.5, 0.6) is 0 Å². The molecular formula is C70H46S2. The molecule has 14 rings (SSSR count). The first-order valence-electron chi connectivity index (χ1n) is 24.9. The zero-order valence-corrected chi connectivity index (χ0v) is 41.1. The topological polar surface area (TPSA) is 0 Å². The average Bonchev–Trinajstić information content (AvgIpc) is 3.98. The number of hydrogen-bond donors (Lipinski definition) is 0. The molecule has 338 valence electrons. The highest BCUT2D eigenvalue weighted by atomic mass is 32.2. The molecule has 2 unspecified atom stereocenters. The van der Waals surface area contributed by atoms with E-state index in [1.165, 1.54) is 113 Å². The molecule has 11 aromatic carbocycles. The van der Waals surface area contributed by atoms with Gasteiger partial charge in [-0.2, -0.15) is 0 Å². The molecule has 0 saturated heterocycles. The molecule has 2 heterocycles. The monoisotopic (exact) mass is 950 g/mol. The lowest BCUT2D eigenvalue weighted by Crippen LogP contribution is -2.32. The van der Waals surface area contributed by atoms with Crippen molar-refractivity contribution in [3.63, 3.8) is 0 Å². The van der Waals surface area contributed by atoms with E-state index in [0.29, 0.717) is 0 Å². The van der Waals surface area contributed by atoms with Crippen LogP contribution in [0.15, 0.2) is 265 Å². The molecule has 72 heavy (non-hydrogen) atoms. The van der Waals surface area contributed by atoms with Crippen LogP contribution in [0.4, 0.5) is 0 Å². The van der Waals surface area contributed by atoms with E-state index in [2.05, 4.69) is 261 Å². The van der Waals surface area contributed by atoms with Crippen LogP contribution in [-0.2, 0) is 11.8 Å². The van der Waals surface area contributed by atoms with Crippen LogP contribution in [-0.4, -0.2) is 0 Å². The van der Waals surface area contributed by atoms with Crippen LogP contribution in [0.1, 0.15) is 67.5 Å². The van der Waals surface area contributed by atoms with Crippen LogP contribution >= 0.6 is 23.1 Å². The number of thiophene rings is 1. The largest absolute Gasteiger partial charge is 0.135 e. The van der Waals surface area contributed by atoms with Crippen LogP contribution in [0.3, 0.4) is 0 Å². The Morgan fingerprint density at radius 1 is 0.417 bits per heavy atom. The third-order valence-corrected chi connectivity index (χ3v) is 17.6. The van der Waals surface area contributed by atoms with Gasteiger partial charge in [0.05, 0.1) is 5.41 Å². The van der Waals surface area contributed by atoms with E-state index in [0.717, 1.165) is 12.0 Å². The lowest BCUT2D eigenvalue weighted by molar-refractivity contribution is 0.713. The van der Waals surface area contributed by atoms with Gasteiger partial charge in [-0.05, 0) is 126 Å². The fourth-order valence-corrected chi connectivity index (χ4v) is 14.5. The number of fused-ring (bicyclic) bond motifs is 12. The molecule has 2 heteroatoms. The van der Waals surface area contributed by atoms with Crippen LogP contribution in [0, 0.1) is 12.1 Å². The molecule has 1 spiro atoms. The first-order valence-corrected chi connectivity index (χ1v) is 26.6. The standard InChI is InChI=1S/C70H46S2/c1-4-17-47(18-5-1)49-32-36-52(37-33-49)68(53-38-34-50(35-39-53)48-19-6-2-7-20-48)58-25-16-30-66-69(58)57-41-31-46(44-67(57)72-66)43-59(51-21-8-3-9-22-51)54-40-42-65-63(45-54)70(62-28-14-15-29-64(62)71-65)60-26-12-10-23-55(60)56-24-11-13-27-61(56)70/h1-10,12-23,25-42,44-45,59,68H,43H2. The fraction of sp³-hybridized carbons (Fsp3) is 0.0571. The minimum absolute atomic E-state index is 0.0375. The Kier molecular flexibility index (Phi) is 10.4. The Bertz CT molecular complexity index is 3830. The van der Waals surface area contributed by atoms with Crippen molar-refractivity contribution in [3.8, 4) is 33.4 Å². The van der Waals surface area contributed by atoms with Crippen molar-refractivity contribution in [1.29, 1.82) is 0 Å². The maximum atomic E-state index is 3.57. The third kappa shape index (κ3) is 6.99. The first kappa shape index (κ1) is 42.7. The summed E-state index contributed by atoms with van der Waals surface area (Å²) in [4.78, 5) is 2.61. The molecule has 0 fully saturated rings. The zero-order chi connectivity index (χ0) is 47.6. The molecule has 1 aliphatic carbocycles. The van der Waals surface area contributed by atoms with E-state index in [4.69, 9.17) is 0 Å². The van der Waals surface area contributed by atoms with Gasteiger partial charge in [0, 0.05) is 47.4 Å². The zero-order valence-electron chi connectivity index (χ0n) is 39.4. The van der Waals surface area contributed by atoms with Crippen molar-refractivity contribution in [2.24, 2.45) is 0 Å². The molecule has 2 atom stereocenters. The highest BCUT2D eigenvalue weighted by Crippen LogP contribution is 2.62. The maximum absolute atomic E-state index is 3.57. The summed E-state index contributed by atoms with van der Waals surface area (Å²) in [7, 11) is 0. The quantitative estimate of drug-likeness (QED) is 0.130. The van der Waals surface area contributed by atoms with Crippen molar-refractivity contribution in [2.45, 2.75) is 33.5 Å². The summed E-state index contributed by atoms with van der Waals surface area (Å²) in [5.41, 5.74) is 20.0. The van der Waals surface area contributed by atoms with Crippen molar-refractivity contribution in [3.05, 3.63) is 323 Å². The van der Waals surface area contributed by atoms with Gasteiger partial charge < -0.3 is 0 Å². The summed E-state index contributed by atoms with van der Waals surface area (Å²) in [5, 5.41) is 2.66.